The Bertz CT molecular complexity index is 657. The van der Waals surface area contributed by atoms with Crippen molar-refractivity contribution in [2.24, 2.45) is 5.10 Å². The van der Waals surface area contributed by atoms with Gasteiger partial charge in [-0.15, -0.1) is 0 Å². The van der Waals surface area contributed by atoms with Crippen LogP contribution in [0, 0.1) is 0 Å². The predicted molar refractivity (Wildman–Crippen MR) is 88.7 cm³/mol. The lowest BCUT2D eigenvalue weighted by atomic mass is 10.2. The molecule has 2 rings (SSSR count). The topological polar surface area (TPSA) is 62.7 Å². The monoisotopic (exact) mass is 317 g/mol. The number of nitrogens with one attached hydrogen (secondary N) is 2. The zero-order chi connectivity index (χ0) is 15.8. The Morgan fingerprint density at radius 1 is 1.23 bits per heavy atom. The number of hydrazone groups is 1. The third-order valence-electron chi connectivity index (χ3n) is 2.82. The van der Waals surface area contributed by atoms with E-state index in [1.165, 1.54) is 0 Å². The molecule has 22 heavy (non-hydrogen) atoms. The highest BCUT2D eigenvalue weighted by Crippen LogP contribution is 2.22. The Labute approximate surface area is 133 Å². The van der Waals surface area contributed by atoms with Gasteiger partial charge in [0, 0.05) is 5.02 Å². The summed E-state index contributed by atoms with van der Waals surface area (Å²) in [6.45, 7) is 0.0956. The van der Waals surface area contributed by atoms with E-state index in [9.17, 15) is 4.79 Å². The molecular weight excluding hydrogens is 302 g/mol. The lowest BCUT2D eigenvalue weighted by Crippen LogP contribution is -2.26. The second-order valence-electron chi connectivity index (χ2n) is 4.40. The molecule has 0 unspecified atom stereocenters. The van der Waals surface area contributed by atoms with Crippen LogP contribution in [0.2, 0.25) is 5.02 Å². The fourth-order valence-corrected chi connectivity index (χ4v) is 1.86. The molecule has 2 aromatic rings. The van der Waals surface area contributed by atoms with Crippen LogP contribution in [0.4, 0.5) is 5.69 Å². The molecule has 5 nitrogen and oxygen atoms in total. The van der Waals surface area contributed by atoms with Gasteiger partial charge in [0.2, 0.25) is 0 Å². The molecule has 6 heteroatoms. The van der Waals surface area contributed by atoms with E-state index in [-0.39, 0.29) is 12.5 Å². The minimum atomic E-state index is -0.254. The standard InChI is InChI=1S/C16H16ClN3O2/c1-22-15-5-3-2-4-14(15)18-11-16(21)20-19-10-12-6-8-13(17)9-7-12/h2-10,18H,11H2,1H3,(H,20,21)/b19-10+. The lowest BCUT2D eigenvalue weighted by molar-refractivity contribution is -0.119. The van der Waals surface area contributed by atoms with Crippen molar-refractivity contribution in [1.82, 2.24) is 5.43 Å². The van der Waals surface area contributed by atoms with Crippen LogP contribution in [0.3, 0.4) is 0 Å². The molecule has 0 atom stereocenters. The van der Waals surface area contributed by atoms with E-state index in [1.54, 1.807) is 25.5 Å². The Balaban J connectivity index is 1.82. The van der Waals surface area contributed by atoms with Crippen molar-refractivity contribution in [3.05, 3.63) is 59.1 Å². The van der Waals surface area contributed by atoms with Crippen LogP contribution < -0.4 is 15.5 Å². The van der Waals surface area contributed by atoms with E-state index in [1.807, 2.05) is 36.4 Å². The van der Waals surface area contributed by atoms with E-state index in [0.29, 0.717) is 10.8 Å². The number of benzene rings is 2. The zero-order valence-corrected chi connectivity index (χ0v) is 12.8. The first kappa shape index (κ1) is 15.9. The first-order valence-electron chi connectivity index (χ1n) is 6.63. The van der Waals surface area contributed by atoms with Crippen molar-refractivity contribution in [2.75, 3.05) is 19.0 Å². The molecule has 2 aromatic carbocycles. The van der Waals surface area contributed by atoms with E-state index in [0.717, 1.165) is 11.3 Å². The van der Waals surface area contributed by atoms with Crippen molar-refractivity contribution >= 4 is 29.4 Å². The number of rotatable bonds is 6. The van der Waals surface area contributed by atoms with Gasteiger partial charge in [-0.25, -0.2) is 5.43 Å². The van der Waals surface area contributed by atoms with E-state index >= 15 is 0 Å². The highest BCUT2D eigenvalue weighted by atomic mass is 35.5. The number of hydrogen-bond donors (Lipinski definition) is 2. The number of nitrogens with zero attached hydrogens (tertiary/aromatic N) is 1. The Morgan fingerprint density at radius 3 is 2.68 bits per heavy atom. The molecule has 0 fully saturated rings. The van der Waals surface area contributed by atoms with E-state index < -0.39 is 0 Å². The van der Waals surface area contributed by atoms with Gasteiger partial charge in [0.1, 0.15) is 5.75 Å². The third-order valence-corrected chi connectivity index (χ3v) is 3.07. The second kappa shape index (κ2) is 8.05. The number of methoxy groups -OCH3 is 1. The van der Waals surface area contributed by atoms with Gasteiger partial charge in [0.25, 0.3) is 5.91 Å². The molecule has 0 bridgehead atoms. The largest absolute Gasteiger partial charge is 0.495 e. The molecular formula is C16H16ClN3O2. The predicted octanol–water partition coefficient (Wildman–Crippen LogP) is 2.91. The molecule has 0 saturated carbocycles. The number of halogens is 1. The number of carbonyl (C=O) groups is 1. The maximum absolute atomic E-state index is 11.7. The molecule has 0 spiro atoms. The molecule has 0 aliphatic rings. The fourth-order valence-electron chi connectivity index (χ4n) is 1.73. The highest BCUT2D eigenvalue weighted by molar-refractivity contribution is 6.30. The number of para-hydroxylation sites is 2. The quantitative estimate of drug-likeness (QED) is 0.636. The minimum Gasteiger partial charge on any atom is -0.495 e. The van der Waals surface area contributed by atoms with Gasteiger partial charge in [0.15, 0.2) is 0 Å². The third kappa shape index (κ3) is 4.79. The fraction of sp³-hybridized carbons (Fsp3) is 0.125. The van der Waals surface area contributed by atoms with Crippen molar-refractivity contribution in [3.8, 4) is 5.75 Å². The van der Waals surface area contributed by atoms with Crippen molar-refractivity contribution in [1.29, 1.82) is 0 Å². The highest BCUT2D eigenvalue weighted by Gasteiger charge is 2.03. The summed E-state index contributed by atoms with van der Waals surface area (Å²) in [5.41, 5.74) is 4.05. The molecule has 0 heterocycles. The molecule has 0 radical (unpaired) electrons. The maximum Gasteiger partial charge on any atom is 0.259 e. The Hall–Kier alpha value is -2.53. The molecule has 0 aliphatic heterocycles. The van der Waals surface area contributed by atoms with Crippen LogP contribution in [-0.4, -0.2) is 25.8 Å². The average molecular weight is 318 g/mol. The summed E-state index contributed by atoms with van der Waals surface area (Å²) >= 11 is 5.79. The van der Waals surface area contributed by atoms with Crippen molar-refractivity contribution in [3.63, 3.8) is 0 Å². The van der Waals surface area contributed by atoms with Crippen LogP contribution in [0.25, 0.3) is 0 Å². The normalized spacial score (nSPS) is 10.5. The summed E-state index contributed by atoms with van der Waals surface area (Å²) in [5.74, 6) is 0.427. The van der Waals surface area contributed by atoms with Crippen LogP contribution >= 0.6 is 11.6 Å². The first-order valence-corrected chi connectivity index (χ1v) is 7.01. The summed E-state index contributed by atoms with van der Waals surface area (Å²) in [6.07, 6.45) is 1.55. The molecule has 1 amide bonds. The van der Waals surface area contributed by atoms with Crippen molar-refractivity contribution < 1.29 is 9.53 Å². The summed E-state index contributed by atoms with van der Waals surface area (Å²) < 4.78 is 5.19. The number of anilines is 1. The maximum atomic E-state index is 11.7. The van der Waals surface area contributed by atoms with Crippen molar-refractivity contribution in [2.45, 2.75) is 0 Å². The summed E-state index contributed by atoms with van der Waals surface area (Å²) in [6, 6.07) is 14.5. The Kier molecular flexibility index (Phi) is 5.80. The molecule has 114 valence electrons. The minimum absolute atomic E-state index is 0.0956. The van der Waals surface area contributed by atoms with E-state index in [4.69, 9.17) is 16.3 Å². The first-order chi connectivity index (χ1) is 10.7. The van der Waals surface area contributed by atoms with Gasteiger partial charge >= 0.3 is 0 Å². The SMILES string of the molecule is COc1ccccc1NCC(=O)N/N=C/c1ccc(Cl)cc1. The number of ether oxygens (including phenoxy) is 1. The summed E-state index contributed by atoms with van der Waals surface area (Å²) in [7, 11) is 1.58. The van der Waals surface area contributed by atoms with Crippen LogP contribution in [0.5, 0.6) is 5.75 Å². The summed E-state index contributed by atoms with van der Waals surface area (Å²) in [4.78, 5) is 11.7. The van der Waals surface area contributed by atoms with Crippen LogP contribution in [0.1, 0.15) is 5.56 Å². The number of carbonyl (C=O) groups excluding carboxylic acids is 1. The second-order valence-corrected chi connectivity index (χ2v) is 4.84. The average Bonchev–Trinajstić information content (AvgIpc) is 2.55. The van der Waals surface area contributed by atoms with Gasteiger partial charge < -0.3 is 10.1 Å². The zero-order valence-electron chi connectivity index (χ0n) is 12.0. The summed E-state index contributed by atoms with van der Waals surface area (Å²) in [5, 5.41) is 7.53. The van der Waals surface area contributed by atoms with Gasteiger partial charge in [-0.05, 0) is 29.8 Å². The van der Waals surface area contributed by atoms with Gasteiger partial charge in [-0.1, -0.05) is 35.9 Å². The smallest absolute Gasteiger partial charge is 0.259 e. The van der Waals surface area contributed by atoms with Crippen LogP contribution in [0.15, 0.2) is 53.6 Å². The molecule has 0 aromatic heterocycles. The lowest BCUT2D eigenvalue weighted by Gasteiger charge is -2.09. The molecule has 2 N–H and O–H groups in total. The number of amides is 1. The number of hydrogen-bond acceptors (Lipinski definition) is 4. The Morgan fingerprint density at radius 2 is 1.95 bits per heavy atom. The van der Waals surface area contributed by atoms with Crippen LogP contribution in [-0.2, 0) is 4.79 Å². The molecule has 0 saturated heterocycles. The van der Waals surface area contributed by atoms with Gasteiger partial charge in [0.05, 0.1) is 25.6 Å². The van der Waals surface area contributed by atoms with Gasteiger partial charge in [-0.2, -0.15) is 5.10 Å². The molecule has 0 aliphatic carbocycles. The van der Waals surface area contributed by atoms with Gasteiger partial charge in [-0.3, -0.25) is 4.79 Å². The van der Waals surface area contributed by atoms with E-state index in [2.05, 4.69) is 15.8 Å².